The molecule has 2 heterocycles. The van der Waals surface area contributed by atoms with Gasteiger partial charge in [-0.15, -0.1) is 0 Å². The van der Waals surface area contributed by atoms with Crippen LogP contribution in [-0.2, 0) is 4.74 Å². The van der Waals surface area contributed by atoms with Gasteiger partial charge in [-0.05, 0) is 60.5 Å². The molecule has 4 rings (SSSR count). The number of benzene rings is 2. The van der Waals surface area contributed by atoms with Gasteiger partial charge in [0.1, 0.15) is 11.5 Å². The third kappa shape index (κ3) is 3.77. The highest BCUT2D eigenvalue weighted by molar-refractivity contribution is 6.09. The number of esters is 1. The molecule has 158 valence electrons. The van der Waals surface area contributed by atoms with Crippen LogP contribution in [-0.4, -0.2) is 31.8 Å². The van der Waals surface area contributed by atoms with Crippen molar-refractivity contribution in [3.05, 3.63) is 60.4 Å². The maximum Gasteiger partial charge on any atom is 0.376 e. The summed E-state index contributed by atoms with van der Waals surface area (Å²) < 4.78 is 21.4. The summed E-state index contributed by atoms with van der Waals surface area (Å²) in [5.74, 6) is 0.805. The topological polar surface area (TPSA) is 96.8 Å². The average molecular weight is 418 g/mol. The van der Waals surface area contributed by atoms with Crippen molar-refractivity contribution in [2.24, 2.45) is 0 Å². The Morgan fingerprint density at radius 1 is 0.968 bits per heavy atom. The molecular formula is C24H22N2O5. The molecular weight excluding hydrogens is 396 g/mol. The average Bonchev–Trinajstić information content (AvgIpc) is 3.15. The van der Waals surface area contributed by atoms with Gasteiger partial charge in [0.15, 0.2) is 0 Å². The molecule has 7 nitrogen and oxygen atoms in total. The van der Waals surface area contributed by atoms with Crippen LogP contribution >= 0.6 is 0 Å². The molecule has 2 aromatic heterocycles. The molecule has 0 atom stereocenters. The van der Waals surface area contributed by atoms with E-state index in [1.807, 2.05) is 54.6 Å². The van der Waals surface area contributed by atoms with Crippen molar-refractivity contribution in [1.82, 2.24) is 4.98 Å². The van der Waals surface area contributed by atoms with Crippen molar-refractivity contribution in [2.45, 2.75) is 6.92 Å². The van der Waals surface area contributed by atoms with E-state index < -0.39 is 5.97 Å². The van der Waals surface area contributed by atoms with Crippen LogP contribution in [0.25, 0.3) is 33.5 Å². The van der Waals surface area contributed by atoms with E-state index in [0.717, 1.165) is 28.2 Å². The Morgan fingerprint density at radius 2 is 1.55 bits per heavy atom. The fourth-order valence-corrected chi connectivity index (χ4v) is 3.38. The molecule has 0 spiro atoms. The first-order valence-corrected chi connectivity index (χ1v) is 9.74. The van der Waals surface area contributed by atoms with Crippen LogP contribution in [0.15, 0.2) is 59.0 Å². The van der Waals surface area contributed by atoms with Gasteiger partial charge < -0.3 is 24.4 Å². The highest BCUT2D eigenvalue weighted by atomic mass is 16.5. The molecule has 0 unspecified atom stereocenters. The molecule has 0 aliphatic rings. The number of ether oxygens (including phenoxy) is 3. The third-order valence-corrected chi connectivity index (χ3v) is 4.95. The minimum absolute atomic E-state index is 0.0500. The summed E-state index contributed by atoms with van der Waals surface area (Å²) >= 11 is 0. The second kappa shape index (κ2) is 8.39. The quantitative estimate of drug-likeness (QED) is 0.443. The number of rotatable bonds is 6. The van der Waals surface area contributed by atoms with Crippen molar-refractivity contribution in [2.75, 3.05) is 26.6 Å². The minimum atomic E-state index is -0.621. The van der Waals surface area contributed by atoms with Gasteiger partial charge in [0.25, 0.3) is 0 Å². The van der Waals surface area contributed by atoms with Crippen LogP contribution in [0.1, 0.15) is 17.5 Å². The Kier molecular flexibility index (Phi) is 5.49. The van der Waals surface area contributed by atoms with Crippen molar-refractivity contribution in [3.8, 4) is 33.9 Å². The number of fused-ring (bicyclic) bond motifs is 1. The van der Waals surface area contributed by atoms with E-state index in [2.05, 4.69) is 4.98 Å². The van der Waals surface area contributed by atoms with Gasteiger partial charge in [0.2, 0.25) is 11.5 Å². The molecule has 0 saturated heterocycles. The Bertz CT molecular complexity index is 1230. The summed E-state index contributed by atoms with van der Waals surface area (Å²) in [6.07, 6.45) is 0. The number of hydrogen-bond acceptors (Lipinski definition) is 7. The highest BCUT2D eigenvalue weighted by Gasteiger charge is 2.24. The van der Waals surface area contributed by atoms with E-state index in [1.54, 1.807) is 21.1 Å². The highest BCUT2D eigenvalue weighted by Crippen LogP contribution is 2.39. The van der Waals surface area contributed by atoms with Crippen LogP contribution in [0.5, 0.6) is 11.5 Å². The second-order valence-electron chi connectivity index (χ2n) is 6.76. The number of methoxy groups -OCH3 is 2. The SMILES string of the molecule is CCOC(=O)c1oc2nc(-c3ccc(OC)cc3)cc(-c3ccc(OC)cc3)c2c1N. The number of aromatic nitrogens is 1. The van der Waals surface area contributed by atoms with Crippen molar-refractivity contribution in [3.63, 3.8) is 0 Å². The molecule has 0 aliphatic heterocycles. The van der Waals surface area contributed by atoms with Crippen LogP contribution in [0.2, 0.25) is 0 Å². The maximum absolute atomic E-state index is 12.3. The fraction of sp³-hybridized carbons (Fsp3) is 0.167. The Balaban J connectivity index is 1.94. The zero-order valence-electron chi connectivity index (χ0n) is 17.5. The first kappa shape index (κ1) is 20.3. The van der Waals surface area contributed by atoms with E-state index in [0.29, 0.717) is 11.1 Å². The number of nitrogens with zero attached hydrogens (tertiary/aromatic N) is 1. The van der Waals surface area contributed by atoms with Gasteiger partial charge in [0, 0.05) is 5.56 Å². The normalized spacial score (nSPS) is 10.8. The Hall–Kier alpha value is -4.00. The lowest BCUT2D eigenvalue weighted by Crippen LogP contribution is -2.05. The Labute approximate surface area is 179 Å². The van der Waals surface area contributed by atoms with Gasteiger partial charge in [-0.1, -0.05) is 12.1 Å². The molecule has 2 N–H and O–H groups in total. The summed E-state index contributed by atoms with van der Waals surface area (Å²) in [5.41, 5.74) is 9.99. The smallest absolute Gasteiger partial charge is 0.376 e. The predicted molar refractivity (Wildman–Crippen MR) is 118 cm³/mol. The first-order chi connectivity index (χ1) is 15.0. The Morgan fingerprint density at radius 3 is 2.10 bits per heavy atom. The van der Waals surface area contributed by atoms with Gasteiger partial charge in [-0.3, -0.25) is 0 Å². The molecule has 0 saturated carbocycles. The van der Waals surface area contributed by atoms with Crippen LogP contribution in [0.4, 0.5) is 5.69 Å². The number of hydrogen-bond donors (Lipinski definition) is 1. The fourth-order valence-electron chi connectivity index (χ4n) is 3.38. The largest absolute Gasteiger partial charge is 0.497 e. The van der Waals surface area contributed by atoms with Crippen LogP contribution in [0, 0.1) is 0 Å². The molecule has 0 fully saturated rings. The number of carbonyl (C=O) groups excluding carboxylic acids is 1. The zero-order valence-corrected chi connectivity index (χ0v) is 17.5. The summed E-state index contributed by atoms with van der Waals surface area (Å²) in [6, 6.07) is 17.0. The molecule has 31 heavy (non-hydrogen) atoms. The van der Waals surface area contributed by atoms with E-state index in [4.69, 9.17) is 24.4 Å². The lowest BCUT2D eigenvalue weighted by Gasteiger charge is -2.09. The number of pyridine rings is 1. The van der Waals surface area contributed by atoms with Crippen molar-refractivity contribution >= 4 is 22.8 Å². The third-order valence-electron chi connectivity index (χ3n) is 4.95. The monoisotopic (exact) mass is 418 g/mol. The number of anilines is 1. The van der Waals surface area contributed by atoms with Gasteiger partial charge in [0.05, 0.1) is 37.6 Å². The van der Waals surface area contributed by atoms with Crippen LogP contribution < -0.4 is 15.2 Å². The second-order valence-corrected chi connectivity index (χ2v) is 6.76. The standard InChI is InChI=1S/C24H22N2O5/c1-4-30-24(27)22-21(25)20-18(14-5-9-16(28-2)10-6-14)13-19(26-23(20)31-22)15-7-11-17(29-3)12-8-15/h5-13H,4,25H2,1-3H3. The van der Waals surface area contributed by atoms with Crippen LogP contribution in [0.3, 0.4) is 0 Å². The van der Waals surface area contributed by atoms with Crippen molar-refractivity contribution < 1.29 is 23.4 Å². The van der Waals surface area contributed by atoms with Gasteiger partial charge >= 0.3 is 5.97 Å². The summed E-state index contributed by atoms with van der Waals surface area (Å²) in [4.78, 5) is 17.0. The molecule has 0 aliphatic carbocycles. The lowest BCUT2D eigenvalue weighted by atomic mass is 9.99. The van der Waals surface area contributed by atoms with E-state index in [-0.39, 0.29) is 23.8 Å². The summed E-state index contributed by atoms with van der Waals surface area (Å²) in [5, 5.41) is 0.561. The number of nitrogens with two attached hydrogens (primary N) is 1. The number of furan rings is 1. The molecule has 0 bridgehead atoms. The van der Waals surface area contributed by atoms with E-state index in [1.165, 1.54) is 0 Å². The van der Waals surface area contributed by atoms with Gasteiger partial charge in [-0.2, -0.15) is 0 Å². The first-order valence-electron chi connectivity index (χ1n) is 9.74. The lowest BCUT2D eigenvalue weighted by molar-refractivity contribution is 0.0494. The molecule has 2 aromatic carbocycles. The summed E-state index contributed by atoms with van der Waals surface area (Å²) in [7, 11) is 3.23. The number of carbonyl (C=O) groups is 1. The van der Waals surface area contributed by atoms with Crippen molar-refractivity contribution in [1.29, 1.82) is 0 Å². The van der Waals surface area contributed by atoms with E-state index >= 15 is 0 Å². The zero-order chi connectivity index (χ0) is 22.0. The molecule has 7 heteroatoms. The van der Waals surface area contributed by atoms with E-state index in [9.17, 15) is 4.79 Å². The minimum Gasteiger partial charge on any atom is -0.497 e. The maximum atomic E-state index is 12.3. The van der Waals surface area contributed by atoms with Gasteiger partial charge in [-0.25, -0.2) is 9.78 Å². The molecule has 0 radical (unpaired) electrons. The molecule has 0 amide bonds. The number of nitrogen functional groups attached to an aromatic ring is 1. The summed E-state index contributed by atoms with van der Waals surface area (Å²) in [6.45, 7) is 1.94. The predicted octanol–water partition coefficient (Wildman–Crippen LogP) is 4.94. The molecule has 4 aromatic rings.